The molecule has 0 spiro atoms. The van der Waals surface area contributed by atoms with Crippen LogP contribution in [0.5, 0.6) is 11.5 Å². The van der Waals surface area contributed by atoms with Crippen molar-refractivity contribution in [3.8, 4) is 11.5 Å². The van der Waals surface area contributed by atoms with Crippen molar-refractivity contribution in [1.29, 1.82) is 0 Å². The second kappa shape index (κ2) is 6.91. The Morgan fingerprint density at radius 2 is 2.03 bits per heavy atom. The van der Waals surface area contributed by atoms with Gasteiger partial charge in [-0.05, 0) is 35.4 Å². The number of hydrogen-bond acceptors (Lipinski definition) is 5. The first-order valence-corrected chi connectivity index (χ1v) is 9.65. The Labute approximate surface area is 172 Å². The molecule has 2 N–H and O–H groups in total. The van der Waals surface area contributed by atoms with Crippen molar-refractivity contribution in [3.05, 3.63) is 59.3 Å². The second-order valence-corrected chi connectivity index (χ2v) is 7.44. The van der Waals surface area contributed by atoms with E-state index in [1.807, 2.05) is 24.3 Å². The van der Waals surface area contributed by atoms with Gasteiger partial charge in [-0.1, -0.05) is 18.2 Å². The number of aromatic nitrogens is 1. The molecule has 3 aromatic rings. The smallest absolute Gasteiger partial charge is 0.266 e. The summed E-state index contributed by atoms with van der Waals surface area (Å²) in [5.74, 6) is -0.00607. The average Bonchev–Trinajstić information content (AvgIpc) is 3.13. The maximum atomic E-state index is 13.1. The van der Waals surface area contributed by atoms with Gasteiger partial charge in [-0.25, -0.2) is 5.01 Å². The van der Waals surface area contributed by atoms with Crippen molar-refractivity contribution in [3.63, 3.8) is 0 Å². The zero-order chi connectivity index (χ0) is 20.8. The molecule has 2 aromatic carbocycles. The van der Waals surface area contributed by atoms with Gasteiger partial charge in [0.25, 0.3) is 5.91 Å². The molecule has 0 aliphatic carbocycles. The highest BCUT2D eigenvalue weighted by molar-refractivity contribution is 5.97. The van der Waals surface area contributed by atoms with Crippen LogP contribution in [0.15, 0.2) is 47.6 Å². The number of aromatic hydroxyl groups is 1. The number of amides is 2. The number of phenolic OH excluding ortho intramolecular Hbond substituents is 1. The lowest BCUT2D eigenvalue weighted by molar-refractivity contribution is -0.157. The van der Waals surface area contributed by atoms with Crippen LogP contribution >= 0.6 is 0 Å². The largest absolute Gasteiger partial charge is 0.504 e. The van der Waals surface area contributed by atoms with E-state index in [0.717, 1.165) is 22.2 Å². The summed E-state index contributed by atoms with van der Waals surface area (Å²) in [6.45, 7) is 0.294. The molecule has 1 atom stereocenters. The zero-order valence-electron chi connectivity index (χ0n) is 16.3. The number of carbonyl (C=O) groups excluding carboxylic acids is 2. The van der Waals surface area contributed by atoms with E-state index < -0.39 is 6.04 Å². The Balaban J connectivity index is 1.42. The number of fused-ring (bicyclic) bond motifs is 4. The van der Waals surface area contributed by atoms with Crippen LogP contribution in [0.3, 0.4) is 0 Å². The van der Waals surface area contributed by atoms with Gasteiger partial charge in [-0.15, -0.1) is 0 Å². The highest BCUT2D eigenvalue weighted by Crippen LogP contribution is 2.32. The van der Waals surface area contributed by atoms with E-state index >= 15 is 0 Å². The number of piperazine rings is 1. The summed E-state index contributed by atoms with van der Waals surface area (Å²) < 4.78 is 5.09. The molecule has 1 aromatic heterocycles. The summed E-state index contributed by atoms with van der Waals surface area (Å²) >= 11 is 0. The molecule has 0 radical (unpaired) electrons. The summed E-state index contributed by atoms with van der Waals surface area (Å²) in [7, 11) is 1.46. The van der Waals surface area contributed by atoms with Crippen LogP contribution in [0.1, 0.15) is 16.8 Å². The van der Waals surface area contributed by atoms with Gasteiger partial charge in [0, 0.05) is 23.0 Å². The van der Waals surface area contributed by atoms with Gasteiger partial charge in [0.1, 0.15) is 12.6 Å². The lowest BCUT2D eigenvalue weighted by Gasteiger charge is -2.40. The van der Waals surface area contributed by atoms with Gasteiger partial charge in [-0.2, -0.15) is 5.10 Å². The third-order valence-corrected chi connectivity index (χ3v) is 5.70. The Hall–Kier alpha value is -3.81. The number of carbonyl (C=O) groups is 2. The normalized spacial score (nSPS) is 18.8. The highest BCUT2D eigenvalue weighted by Gasteiger charge is 2.43. The number of phenols is 1. The number of nitrogens with zero attached hydrogens (tertiary/aromatic N) is 3. The molecular weight excluding hydrogens is 384 g/mol. The average molecular weight is 404 g/mol. The number of benzene rings is 2. The fourth-order valence-electron chi connectivity index (χ4n) is 4.17. The van der Waals surface area contributed by atoms with E-state index in [1.165, 1.54) is 24.4 Å². The summed E-state index contributed by atoms with van der Waals surface area (Å²) in [6.07, 6.45) is 1.95. The van der Waals surface area contributed by atoms with Crippen molar-refractivity contribution >= 4 is 28.9 Å². The maximum Gasteiger partial charge on any atom is 0.266 e. The summed E-state index contributed by atoms with van der Waals surface area (Å²) in [5, 5.41) is 16.3. The van der Waals surface area contributed by atoms with Gasteiger partial charge in [0.2, 0.25) is 5.91 Å². The number of H-pyrrole nitrogens is 1. The van der Waals surface area contributed by atoms with E-state index in [2.05, 4.69) is 10.1 Å². The van der Waals surface area contributed by atoms with Gasteiger partial charge in [-0.3, -0.25) is 9.59 Å². The molecule has 0 bridgehead atoms. The minimum atomic E-state index is -0.565. The van der Waals surface area contributed by atoms with Crippen LogP contribution in [-0.2, 0) is 22.6 Å². The Morgan fingerprint density at radius 1 is 1.20 bits per heavy atom. The predicted molar refractivity (Wildman–Crippen MR) is 110 cm³/mol. The van der Waals surface area contributed by atoms with Crippen molar-refractivity contribution in [1.82, 2.24) is 14.9 Å². The monoisotopic (exact) mass is 404 g/mol. The Kier molecular flexibility index (Phi) is 4.20. The first-order chi connectivity index (χ1) is 14.5. The van der Waals surface area contributed by atoms with Gasteiger partial charge in [0.15, 0.2) is 11.5 Å². The van der Waals surface area contributed by atoms with Crippen LogP contribution in [0, 0.1) is 0 Å². The number of rotatable bonds is 3. The molecule has 1 saturated heterocycles. The first kappa shape index (κ1) is 18.2. The highest BCUT2D eigenvalue weighted by atomic mass is 16.5. The molecule has 2 aliphatic heterocycles. The second-order valence-electron chi connectivity index (χ2n) is 7.44. The molecule has 0 saturated carbocycles. The number of aromatic amines is 1. The number of para-hydroxylation sites is 1. The third kappa shape index (κ3) is 2.88. The summed E-state index contributed by atoms with van der Waals surface area (Å²) in [6, 6.07) is 12.2. The fourth-order valence-corrected chi connectivity index (χ4v) is 4.17. The van der Waals surface area contributed by atoms with E-state index in [4.69, 9.17) is 4.74 Å². The topological polar surface area (TPSA) is 98.2 Å². The fraction of sp³-hybridized carbons (Fsp3) is 0.227. The summed E-state index contributed by atoms with van der Waals surface area (Å²) in [5.41, 5.74) is 3.73. The molecule has 2 amide bonds. The van der Waals surface area contributed by atoms with Gasteiger partial charge in [0.05, 0.1) is 19.9 Å². The van der Waals surface area contributed by atoms with Crippen LogP contribution in [-0.4, -0.2) is 57.7 Å². The lowest BCUT2D eigenvalue weighted by Crippen LogP contribution is -2.60. The molecule has 1 fully saturated rings. The first-order valence-electron chi connectivity index (χ1n) is 9.65. The van der Waals surface area contributed by atoms with Gasteiger partial charge >= 0.3 is 0 Å². The predicted octanol–water partition coefficient (Wildman–Crippen LogP) is 2.01. The van der Waals surface area contributed by atoms with Crippen molar-refractivity contribution in [2.24, 2.45) is 5.10 Å². The number of methoxy groups -OCH3 is 1. The molecule has 152 valence electrons. The van der Waals surface area contributed by atoms with E-state index in [0.29, 0.717) is 24.3 Å². The Bertz CT molecular complexity index is 1200. The van der Waals surface area contributed by atoms with Crippen LogP contribution in [0.4, 0.5) is 0 Å². The van der Waals surface area contributed by atoms with Crippen molar-refractivity contribution < 1.29 is 19.4 Å². The Morgan fingerprint density at radius 3 is 2.87 bits per heavy atom. The van der Waals surface area contributed by atoms with Crippen LogP contribution in [0.2, 0.25) is 0 Å². The maximum absolute atomic E-state index is 13.1. The molecule has 8 nitrogen and oxygen atoms in total. The van der Waals surface area contributed by atoms with Crippen LogP contribution in [0.25, 0.3) is 10.9 Å². The molecule has 5 rings (SSSR count). The molecular formula is C22H20N4O4. The number of hydrogen-bond donors (Lipinski definition) is 2. The zero-order valence-corrected chi connectivity index (χ0v) is 16.3. The van der Waals surface area contributed by atoms with E-state index in [-0.39, 0.29) is 24.1 Å². The molecule has 1 unspecified atom stereocenters. The quantitative estimate of drug-likeness (QED) is 0.653. The minimum absolute atomic E-state index is 0.0197. The van der Waals surface area contributed by atoms with Gasteiger partial charge < -0.3 is 19.7 Å². The molecule has 8 heteroatoms. The number of ether oxygens (including phenoxy) is 1. The molecule has 2 aliphatic rings. The number of nitrogens with one attached hydrogen (secondary N) is 1. The van der Waals surface area contributed by atoms with Crippen molar-refractivity contribution in [2.45, 2.75) is 19.0 Å². The summed E-state index contributed by atoms with van der Waals surface area (Å²) in [4.78, 5) is 30.9. The minimum Gasteiger partial charge on any atom is -0.504 e. The van der Waals surface area contributed by atoms with Crippen molar-refractivity contribution in [2.75, 3.05) is 13.7 Å². The molecule has 3 heterocycles. The number of hydrazone groups is 1. The third-order valence-electron chi connectivity index (χ3n) is 5.70. The SMILES string of the molecule is COc1cc(C=NN2CC(=O)N3Cc4[nH]c5ccccc5c4CC3C2=O)ccc1O. The lowest BCUT2D eigenvalue weighted by atomic mass is 9.94. The standard InChI is InChI=1S/C22H20N4O4/c1-30-20-8-13(6-7-19(20)27)10-23-26-12-21(28)25-11-17-15(9-18(25)22(26)29)14-4-2-3-5-16(14)24-17/h2-8,10,18,24,27H,9,11-12H2,1H3. The molecule has 30 heavy (non-hydrogen) atoms. The van der Waals surface area contributed by atoms with E-state index in [1.54, 1.807) is 17.0 Å². The van der Waals surface area contributed by atoms with Crippen LogP contribution < -0.4 is 4.74 Å². The van der Waals surface area contributed by atoms with E-state index in [9.17, 15) is 14.7 Å².